The Kier molecular flexibility index (Phi) is 3.84. The Morgan fingerprint density at radius 3 is 2.07 bits per heavy atom. The van der Waals surface area contributed by atoms with Gasteiger partial charge in [-0.05, 0) is 11.1 Å². The highest BCUT2D eigenvalue weighted by molar-refractivity contribution is 7.88. The fourth-order valence-corrected chi connectivity index (χ4v) is 1.51. The van der Waals surface area contributed by atoms with Crippen molar-refractivity contribution in [1.29, 1.82) is 0 Å². The van der Waals surface area contributed by atoms with E-state index in [0.29, 0.717) is 6.54 Å². The van der Waals surface area contributed by atoms with E-state index in [1.54, 1.807) is 12.1 Å². The van der Waals surface area contributed by atoms with Crippen molar-refractivity contribution in [2.75, 3.05) is 13.3 Å². The summed E-state index contributed by atoms with van der Waals surface area (Å²) < 4.78 is 23.6. The van der Waals surface area contributed by atoms with E-state index in [2.05, 4.69) is 0 Å². The molecule has 0 atom stereocenters. The van der Waals surface area contributed by atoms with Gasteiger partial charge < -0.3 is 5.11 Å². The average molecular weight is 229 g/mol. The summed E-state index contributed by atoms with van der Waals surface area (Å²) >= 11 is 0. The van der Waals surface area contributed by atoms with E-state index in [0.717, 1.165) is 11.1 Å². The number of aliphatic hydroxyl groups excluding tert-OH is 1. The van der Waals surface area contributed by atoms with Crippen molar-refractivity contribution in [3.8, 4) is 0 Å². The first-order chi connectivity index (χ1) is 6.93. The van der Waals surface area contributed by atoms with Crippen LogP contribution in [0.3, 0.4) is 0 Å². The Morgan fingerprint density at radius 1 is 1.20 bits per heavy atom. The van der Waals surface area contributed by atoms with Crippen LogP contribution in [0.15, 0.2) is 24.3 Å². The molecule has 4 nitrogen and oxygen atoms in total. The molecule has 1 aromatic rings. The van der Waals surface area contributed by atoms with Crippen LogP contribution in [-0.4, -0.2) is 31.1 Å². The van der Waals surface area contributed by atoms with Gasteiger partial charge in [-0.3, -0.25) is 0 Å². The van der Waals surface area contributed by atoms with Crippen LogP contribution in [0.1, 0.15) is 11.1 Å². The van der Waals surface area contributed by atoms with Crippen LogP contribution in [0.25, 0.3) is 0 Å². The molecule has 0 radical (unpaired) electrons. The van der Waals surface area contributed by atoms with E-state index in [1.165, 1.54) is 17.6 Å². The normalized spacial score (nSPS) is 12.0. The van der Waals surface area contributed by atoms with Gasteiger partial charge in [0, 0.05) is 13.6 Å². The van der Waals surface area contributed by atoms with Crippen LogP contribution < -0.4 is 0 Å². The maximum absolute atomic E-state index is 11.1. The third-order valence-electron chi connectivity index (χ3n) is 2.18. The number of rotatable bonds is 4. The summed E-state index contributed by atoms with van der Waals surface area (Å²) in [7, 11) is -1.60. The van der Waals surface area contributed by atoms with Crippen LogP contribution in [0.2, 0.25) is 0 Å². The predicted octanol–water partition coefficient (Wildman–Crippen LogP) is 0.570. The maximum atomic E-state index is 11.1. The average Bonchev–Trinajstić information content (AvgIpc) is 2.17. The van der Waals surface area contributed by atoms with Gasteiger partial charge in [0.25, 0.3) is 0 Å². The molecule has 0 aromatic heterocycles. The smallest absolute Gasteiger partial charge is 0.211 e. The minimum absolute atomic E-state index is 0.00218. The molecule has 0 amide bonds. The molecule has 0 heterocycles. The Morgan fingerprint density at radius 2 is 1.67 bits per heavy atom. The molecule has 84 valence electrons. The predicted molar refractivity (Wildman–Crippen MR) is 58.7 cm³/mol. The molecule has 0 fully saturated rings. The molecule has 0 aliphatic carbocycles. The van der Waals surface area contributed by atoms with Gasteiger partial charge in [-0.25, -0.2) is 12.7 Å². The lowest BCUT2D eigenvalue weighted by Crippen LogP contribution is -2.24. The molecule has 0 unspecified atom stereocenters. The van der Waals surface area contributed by atoms with E-state index < -0.39 is 10.0 Å². The number of sulfonamides is 1. The SMILES string of the molecule is CN(Cc1ccc(CO)cc1)S(C)(=O)=O. The molecule has 0 bridgehead atoms. The highest BCUT2D eigenvalue weighted by atomic mass is 32.2. The fourth-order valence-electron chi connectivity index (χ4n) is 1.12. The molecule has 1 N–H and O–H groups in total. The third kappa shape index (κ3) is 3.62. The second-order valence-corrected chi connectivity index (χ2v) is 5.58. The summed E-state index contributed by atoms with van der Waals surface area (Å²) in [4.78, 5) is 0. The van der Waals surface area contributed by atoms with Gasteiger partial charge in [0.1, 0.15) is 0 Å². The van der Waals surface area contributed by atoms with Crippen molar-refractivity contribution < 1.29 is 13.5 Å². The van der Waals surface area contributed by atoms with Crippen LogP contribution >= 0.6 is 0 Å². The van der Waals surface area contributed by atoms with E-state index in [9.17, 15) is 8.42 Å². The molecule has 5 heteroatoms. The lowest BCUT2D eigenvalue weighted by Gasteiger charge is -2.13. The second kappa shape index (κ2) is 4.74. The van der Waals surface area contributed by atoms with Gasteiger partial charge in [0.2, 0.25) is 10.0 Å². The summed E-state index contributed by atoms with van der Waals surface area (Å²) in [6.07, 6.45) is 1.18. The first kappa shape index (κ1) is 12.2. The lowest BCUT2D eigenvalue weighted by atomic mass is 10.1. The van der Waals surface area contributed by atoms with E-state index in [1.807, 2.05) is 12.1 Å². The van der Waals surface area contributed by atoms with Crippen LogP contribution in [0.5, 0.6) is 0 Å². The van der Waals surface area contributed by atoms with Gasteiger partial charge in [-0.1, -0.05) is 24.3 Å². The zero-order valence-electron chi connectivity index (χ0n) is 8.84. The van der Waals surface area contributed by atoms with Crippen molar-refractivity contribution in [2.24, 2.45) is 0 Å². The Balaban J connectivity index is 2.74. The first-order valence-corrected chi connectivity index (χ1v) is 6.38. The van der Waals surface area contributed by atoms with Crippen molar-refractivity contribution >= 4 is 10.0 Å². The maximum Gasteiger partial charge on any atom is 0.211 e. The molecule has 0 saturated carbocycles. The Labute approximate surface area is 90.2 Å². The Hall–Kier alpha value is -0.910. The summed E-state index contributed by atoms with van der Waals surface area (Å²) in [6.45, 7) is 0.354. The first-order valence-electron chi connectivity index (χ1n) is 4.53. The molecule has 0 aliphatic heterocycles. The van der Waals surface area contributed by atoms with Gasteiger partial charge in [-0.15, -0.1) is 0 Å². The zero-order chi connectivity index (χ0) is 11.5. The molecule has 1 aromatic carbocycles. The largest absolute Gasteiger partial charge is 0.392 e. The number of benzene rings is 1. The van der Waals surface area contributed by atoms with Crippen molar-refractivity contribution in [3.63, 3.8) is 0 Å². The highest BCUT2D eigenvalue weighted by Gasteiger charge is 2.10. The summed E-state index contributed by atoms with van der Waals surface area (Å²) in [5, 5.41) is 8.83. The number of aliphatic hydroxyl groups is 1. The monoisotopic (exact) mass is 229 g/mol. The summed E-state index contributed by atoms with van der Waals surface area (Å²) in [5.74, 6) is 0. The van der Waals surface area contributed by atoms with Crippen molar-refractivity contribution in [3.05, 3.63) is 35.4 Å². The quantitative estimate of drug-likeness (QED) is 0.821. The standard InChI is InChI=1S/C10H15NO3S/c1-11(15(2,13)14)7-9-3-5-10(8-12)6-4-9/h3-6,12H,7-8H2,1-2H3. The molecule has 0 aliphatic rings. The molecule has 0 spiro atoms. The van der Waals surface area contributed by atoms with Gasteiger partial charge >= 0.3 is 0 Å². The van der Waals surface area contributed by atoms with Gasteiger partial charge in [-0.2, -0.15) is 0 Å². The van der Waals surface area contributed by atoms with Gasteiger partial charge in [0.05, 0.1) is 12.9 Å². The molecule has 15 heavy (non-hydrogen) atoms. The zero-order valence-corrected chi connectivity index (χ0v) is 9.66. The molecule has 1 rings (SSSR count). The van der Waals surface area contributed by atoms with Gasteiger partial charge in [0.15, 0.2) is 0 Å². The minimum atomic E-state index is -3.13. The molecule has 0 saturated heterocycles. The summed E-state index contributed by atoms with van der Waals surface area (Å²) in [5.41, 5.74) is 1.72. The fraction of sp³-hybridized carbons (Fsp3) is 0.400. The highest BCUT2D eigenvalue weighted by Crippen LogP contribution is 2.08. The molecular formula is C10H15NO3S. The van der Waals surface area contributed by atoms with Crippen molar-refractivity contribution in [2.45, 2.75) is 13.2 Å². The lowest BCUT2D eigenvalue weighted by molar-refractivity contribution is 0.282. The third-order valence-corrected chi connectivity index (χ3v) is 3.44. The van der Waals surface area contributed by atoms with E-state index >= 15 is 0 Å². The molecular weight excluding hydrogens is 214 g/mol. The number of nitrogens with zero attached hydrogens (tertiary/aromatic N) is 1. The van der Waals surface area contributed by atoms with Crippen LogP contribution in [0, 0.1) is 0 Å². The Bertz CT molecular complexity index is 411. The van der Waals surface area contributed by atoms with E-state index in [4.69, 9.17) is 5.11 Å². The summed E-state index contributed by atoms with van der Waals surface area (Å²) in [6, 6.07) is 7.19. The number of hydrogen-bond acceptors (Lipinski definition) is 3. The van der Waals surface area contributed by atoms with Crippen LogP contribution in [0.4, 0.5) is 0 Å². The van der Waals surface area contributed by atoms with E-state index in [-0.39, 0.29) is 6.61 Å². The van der Waals surface area contributed by atoms with Crippen LogP contribution in [-0.2, 0) is 23.2 Å². The topological polar surface area (TPSA) is 57.6 Å². The van der Waals surface area contributed by atoms with Crippen molar-refractivity contribution in [1.82, 2.24) is 4.31 Å². The minimum Gasteiger partial charge on any atom is -0.392 e. The second-order valence-electron chi connectivity index (χ2n) is 3.49. The number of hydrogen-bond donors (Lipinski definition) is 1.